The number of rotatable bonds is 3. The van der Waals surface area contributed by atoms with Crippen molar-refractivity contribution in [3.63, 3.8) is 0 Å². The second-order valence-electron chi connectivity index (χ2n) is 4.33. The average Bonchev–Trinajstić information content (AvgIpc) is 2.93. The average molecular weight is 274 g/mol. The van der Waals surface area contributed by atoms with Gasteiger partial charge in [-0.1, -0.05) is 0 Å². The fraction of sp³-hybridized carbons (Fsp3) is 0.133. The molecule has 1 aliphatic heterocycles. The number of carbonyl (C=O) groups excluding carboxylic acids is 1. The van der Waals surface area contributed by atoms with Gasteiger partial charge in [-0.3, -0.25) is 4.79 Å². The summed E-state index contributed by atoms with van der Waals surface area (Å²) in [5, 5.41) is 0. The van der Waals surface area contributed by atoms with Crippen LogP contribution in [0.15, 0.2) is 30.3 Å². The summed E-state index contributed by atoms with van der Waals surface area (Å²) in [5.74, 6) is 1.19. The van der Waals surface area contributed by atoms with E-state index in [0.29, 0.717) is 23.5 Å². The van der Waals surface area contributed by atoms with Gasteiger partial charge < -0.3 is 14.2 Å². The summed E-state index contributed by atoms with van der Waals surface area (Å²) < 4.78 is 29.9. The van der Waals surface area contributed by atoms with Crippen LogP contribution in [0.5, 0.6) is 23.0 Å². The van der Waals surface area contributed by atoms with Gasteiger partial charge in [0.15, 0.2) is 23.1 Å². The van der Waals surface area contributed by atoms with Gasteiger partial charge in [-0.15, -0.1) is 0 Å². The number of halogens is 1. The van der Waals surface area contributed by atoms with Crippen LogP contribution in [-0.4, -0.2) is 13.1 Å². The predicted molar refractivity (Wildman–Crippen MR) is 69.2 cm³/mol. The summed E-state index contributed by atoms with van der Waals surface area (Å²) in [4.78, 5) is 10.6. The van der Waals surface area contributed by atoms with Crippen molar-refractivity contribution >= 4 is 6.29 Å². The maximum atomic E-state index is 13.8. The number of aldehydes is 1. The van der Waals surface area contributed by atoms with Crippen LogP contribution in [0.4, 0.5) is 4.39 Å². The first-order valence-corrected chi connectivity index (χ1v) is 6.01. The lowest BCUT2D eigenvalue weighted by Gasteiger charge is -2.11. The predicted octanol–water partition coefficient (Wildman–Crippen LogP) is 3.47. The third-order valence-electron chi connectivity index (χ3n) is 3.05. The summed E-state index contributed by atoms with van der Waals surface area (Å²) in [6.45, 7) is 1.97. The molecule has 0 spiro atoms. The Balaban J connectivity index is 1.94. The number of hydrogen-bond donors (Lipinski definition) is 0. The smallest absolute Gasteiger partial charge is 0.231 e. The van der Waals surface area contributed by atoms with Crippen molar-refractivity contribution in [1.29, 1.82) is 0 Å². The van der Waals surface area contributed by atoms with Crippen LogP contribution in [-0.2, 0) is 0 Å². The van der Waals surface area contributed by atoms with Crippen LogP contribution in [0, 0.1) is 12.7 Å². The molecule has 0 saturated heterocycles. The Bertz CT molecular complexity index is 682. The Labute approximate surface area is 114 Å². The van der Waals surface area contributed by atoms with Crippen molar-refractivity contribution in [2.24, 2.45) is 0 Å². The first-order valence-electron chi connectivity index (χ1n) is 6.01. The number of fused-ring (bicyclic) bond motifs is 1. The van der Waals surface area contributed by atoms with E-state index in [0.717, 1.165) is 11.6 Å². The Morgan fingerprint density at radius 3 is 2.75 bits per heavy atom. The van der Waals surface area contributed by atoms with Gasteiger partial charge in [0.25, 0.3) is 0 Å². The molecule has 1 aliphatic rings. The molecule has 102 valence electrons. The van der Waals surface area contributed by atoms with Crippen LogP contribution in [0.1, 0.15) is 15.9 Å². The summed E-state index contributed by atoms with van der Waals surface area (Å²) in [6, 6.07) is 7.44. The van der Waals surface area contributed by atoms with Crippen LogP contribution in [0.3, 0.4) is 0 Å². The second-order valence-corrected chi connectivity index (χ2v) is 4.33. The molecule has 0 radical (unpaired) electrons. The number of benzene rings is 2. The highest BCUT2D eigenvalue weighted by atomic mass is 19.1. The molecule has 0 bridgehead atoms. The van der Waals surface area contributed by atoms with Crippen LogP contribution in [0.2, 0.25) is 0 Å². The van der Waals surface area contributed by atoms with Crippen molar-refractivity contribution in [2.75, 3.05) is 6.79 Å². The molecule has 4 nitrogen and oxygen atoms in total. The van der Waals surface area contributed by atoms with E-state index in [-0.39, 0.29) is 18.1 Å². The maximum Gasteiger partial charge on any atom is 0.231 e. The molecule has 2 aromatic rings. The fourth-order valence-corrected chi connectivity index (χ4v) is 2.00. The van der Waals surface area contributed by atoms with Crippen molar-refractivity contribution in [3.05, 3.63) is 47.3 Å². The monoisotopic (exact) mass is 274 g/mol. The van der Waals surface area contributed by atoms with Crippen LogP contribution >= 0.6 is 0 Å². The zero-order valence-corrected chi connectivity index (χ0v) is 10.7. The molecule has 0 N–H and O–H groups in total. The molecule has 0 aliphatic carbocycles. The van der Waals surface area contributed by atoms with E-state index < -0.39 is 5.82 Å². The summed E-state index contributed by atoms with van der Waals surface area (Å²) in [6.07, 6.45) is 0.582. The van der Waals surface area contributed by atoms with Gasteiger partial charge >= 0.3 is 0 Å². The molecule has 0 aromatic heterocycles. The van der Waals surface area contributed by atoms with Gasteiger partial charge in [-0.25, -0.2) is 4.39 Å². The molecular weight excluding hydrogens is 263 g/mol. The van der Waals surface area contributed by atoms with Crippen molar-refractivity contribution in [2.45, 2.75) is 6.92 Å². The number of ether oxygens (including phenoxy) is 3. The number of hydrogen-bond acceptors (Lipinski definition) is 4. The van der Waals surface area contributed by atoms with Gasteiger partial charge in [-0.2, -0.15) is 0 Å². The number of carbonyl (C=O) groups is 1. The lowest BCUT2D eigenvalue weighted by molar-refractivity contribution is 0.112. The highest BCUT2D eigenvalue weighted by Crippen LogP contribution is 2.41. The molecule has 0 amide bonds. The lowest BCUT2D eigenvalue weighted by Crippen LogP contribution is -1.94. The minimum atomic E-state index is -0.591. The summed E-state index contributed by atoms with van der Waals surface area (Å²) in [5.41, 5.74) is 0.996. The normalized spacial score (nSPS) is 12.3. The third kappa shape index (κ3) is 2.07. The molecule has 0 saturated carbocycles. The Hall–Kier alpha value is -2.56. The van der Waals surface area contributed by atoms with E-state index in [2.05, 4.69) is 0 Å². The Morgan fingerprint density at radius 2 is 2.00 bits per heavy atom. The van der Waals surface area contributed by atoms with E-state index in [1.807, 2.05) is 0 Å². The van der Waals surface area contributed by atoms with Crippen molar-refractivity contribution in [1.82, 2.24) is 0 Å². The molecule has 5 heteroatoms. The van der Waals surface area contributed by atoms with E-state index in [4.69, 9.17) is 14.2 Å². The standard InChI is InChI=1S/C15H11FO4/c1-9-12(4-5-14-15(9)19-8-18-14)20-13-3-2-10(7-17)6-11(13)16/h2-7H,8H2,1H3. The largest absolute Gasteiger partial charge is 0.454 e. The molecule has 2 aromatic carbocycles. The molecular formula is C15H11FO4. The first kappa shape index (κ1) is 12.5. The molecule has 1 heterocycles. The molecule has 3 rings (SSSR count). The van der Waals surface area contributed by atoms with Crippen molar-refractivity contribution < 1.29 is 23.4 Å². The Morgan fingerprint density at radius 1 is 1.20 bits per heavy atom. The van der Waals surface area contributed by atoms with Crippen LogP contribution in [0.25, 0.3) is 0 Å². The zero-order chi connectivity index (χ0) is 14.1. The summed E-state index contributed by atoms with van der Waals surface area (Å²) in [7, 11) is 0. The topological polar surface area (TPSA) is 44.8 Å². The molecule has 20 heavy (non-hydrogen) atoms. The SMILES string of the molecule is Cc1c(Oc2ccc(C=O)cc2F)ccc2c1OCO2. The second kappa shape index (κ2) is 4.85. The highest BCUT2D eigenvalue weighted by molar-refractivity contribution is 5.75. The highest BCUT2D eigenvalue weighted by Gasteiger charge is 2.19. The van der Waals surface area contributed by atoms with Crippen LogP contribution < -0.4 is 14.2 Å². The first-order chi connectivity index (χ1) is 9.69. The molecule has 0 fully saturated rings. The van der Waals surface area contributed by atoms with Crippen molar-refractivity contribution in [3.8, 4) is 23.0 Å². The molecule has 0 atom stereocenters. The lowest BCUT2D eigenvalue weighted by atomic mass is 10.2. The van der Waals surface area contributed by atoms with Gasteiger partial charge in [0.05, 0.1) is 0 Å². The van der Waals surface area contributed by atoms with E-state index in [1.54, 1.807) is 19.1 Å². The zero-order valence-electron chi connectivity index (χ0n) is 10.7. The van der Waals surface area contributed by atoms with Gasteiger partial charge in [0.1, 0.15) is 12.0 Å². The quantitative estimate of drug-likeness (QED) is 0.804. The van der Waals surface area contributed by atoms with E-state index in [9.17, 15) is 9.18 Å². The fourth-order valence-electron chi connectivity index (χ4n) is 2.00. The van der Waals surface area contributed by atoms with E-state index in [1.165, 1.54) is 12.1 Å². The maximum absolute atomic E-state index is 13.8. The van der Waals surface area contributed by atoms with Gasteiger partial charge in [-0.05, 0) is 37.3 Å². The molecule has 0 unspecified atom stereocenters. The third-order valence-corrected chi connectivity index (χ3v) is 3.05. The Kier molecular flexibility index (Phi) is 3.02. The van der Waals surface area contributed by atoms with Gasteiger partial charge in [0, 0.05) is 11.1 Å². The minimum Gasteiger partial charge on any atom is -0.454 e. The minimum absolute atomic E-state index is 0.0533. The van der Waals surface area contributed by atoms with E-state index >= 15 is 0 Å². The van der Waals surface area contributed by atoms with Gasteiger partial charge in [0.2, 0.25) is 6.79 Å². The summed E-state index contributed by atoms with van der Waals surface area (Å²) >= 11 is 0.